The van der Waals surface area contributed by atoms with E-state index in [1.54, 1.807) is 0 Å². The number of anilines is 2. The predicted molar refractivity (Wildman–Crippen MR) is 104 cm³/mol. The van der Waals surface area contributed by atoms with Gasteiger partial charge < -0.3 is 16.2 Å². The van der Waals surface area contributed by atoms with Crippen LogP contribution in [0.3, 0.4) is 0 Å². The lowest BCUT2D eigenvalue weighted by atomic mass is 9.94. The number of nitrogen functional groups attached to an aromatic ring is 1. The molecule has 11 heteroatoms. The smallest absolute Gasteiger partial charge is 0.255 e. The lowest BCUT2D eigenvalue weighted by Gasteiger charge is -2.26. The van der Waals surface area contributed by atoms with Gasteiger partial charge in [0.25, 0.3) is 5.91 Å². The first-order valence-corrected chi connectivity index (χ1v) is 10.6. The second kappa shape index (κ2) is 8.62. The summed E-state index contributed by atoms with van der Waals surface area (Å²) in [5.41, 5.74) is 5.22. The molecule has 0 aromatic heterocycles. The number of aliphatic hydroxyl groups is 1. The van der Waals surface area contributed by atoms with Crippen molar-refractivity contribution >= 4 is 27.3 Å². The Labute approximate surface area is 171 Å². The summed E-state index contributed by atoms with van der Waals surface area (Å²) >= 11 is 0. The second-order valence-electron chi connectivity index (χ2n) is 7.09. The van der Waals surface area contributed by atoms with Gasteiger partial charge in [0.15, 0.2) is 17.5 Å². The van der Waals surface area contributed by atoms with Crippen LogP contribution in [0.1, 0.15) is 36.0 Å². The van der Waals surface area contributed by atoms with E-state index in [1.807, 2.05) is 0 Å². The average molecular weight is 443 g/mol. The van der Waals surface area contributed by atoms with Crippen LogP contribution in [-0.4, -0.2) is 31.6 Å². The Morgan fingerprint density at radius 2 is 1.63 bits per heavy atom. The van der Waals surface area contributed by atoms with Gasteiger partial charge in [-0.25, -0.2) is 26.3 Å². The Morgan fingerprint density at radius 1 is 1.03 bits per heavy atom. The second-order valence-corrected chi connectivity index (χ2v) is 8.77. The summed E-state index contributed by atoms with van der Waals surface area (Å²) in [6, 6.07) is 4.34. The number of amides is 1. The monoisotopic (exact) mass is 443 g/mol. The summed E-state index contributed by atoms with van der Waals surface area (Å²) in [4.78, 5) is 12.1. The third-order valence-corrected chi connectivity index (χ3v) is 6.40. The summed E-state index contributed by atoms with van der Waals surface area (Å²) in [6.07, 6.45) is 1.40. The van der Waals surface area contributed by atoms with Crippen molar-refractivity contribution in [2.45, 2.75) is 42.7 Å². The fourth-order valence-corrected chi connectivity index (χ4v) is 4.68. The zero-order chi connectivity index (χ0) is 22.1. The van der Waals surface area contributed by atoms with E-state index >= 15 is 0 Å². The van der Waals surface area contributed by atoms with Gasteiger partial charge in [0, 0.05) is 29.4 Å². The Balaban J connectivity index is 1.81. The van der Waals surface area contributed by atoms with Gasteiger partial charge in [-0.1, -0.05) is 0 Å². The minimum absolute atomic E-state index is 0.0891. The maximum atomic E-state index is 13.3. The molecule has 1 fully saturated rings. The van der Waals surface area contributed by atoms with Crippen molar-refractivity contribution in [3.8, 4) is 0 Å². The van der Waals surface area contributed by atoms with Crippen LogP contribution in [0.5, 0.6) is 0 Å². The number of hydrogen-bond donors (Lipinski definition) is 4. The zero-order valence-corrected chi connectivity index (χ0v) is 16.5. The molecular formula is C19H20F3N3O4S. The third kappa shape index (κ3) is 4.91. The lowest BCUT2D eigenvalue weighted by molar-refractivity contribution is 0.102. The molecule has 0 unspecified atom stereocenters. The number of carbonyl (C=O) groups is 1. The van der Waals surface area contributed by atoms with Gasteiger partial charge in [0.1, 0.15) is 4.90 Å². The summed E-state index contributed by atoms with van der Waals surface area (Å²) in [6.45, 7) is 0. The molecule has 1 aliphatic carbocycles. The SMILES string of the molecule is Nc1ccc(C(=O)Nc2cc(F)c(F)c(F)c2)cc1S(=O)(=O)N[C@H]1CC[C@H](O)CC1. The molecule has 0 saturated heterocycles. The van der Waals surface area contributed by atoms with Crippen LogP contribution < -0.4 is 15.8 Å². The van der Waals surface area contributed by atoms with Crippen LogP contribution in [-0.2, 0) is 10.0 Å². The van der Waals surface area contributed by atoms with Crippen LogP contribution in [0, 0.1) is 17.5 Å². The standard InChI is InChI=1S/C19H20F3N3O4S/c20-14-8-12(9-15(21)18(14)22)24-19(27)10-1-6-16(23)17(7-10)30(28,29)25-11-2-4-13(26)5-3-11/h1,6-9,11,13,25-26H,2-5,23H2,(H,24,27)/t11-,13-. The quantitative estimate of drug-likeness (QED) is 0.418. The van der Waals surface area contributed by atoms with Gasteiger partial charge >= 0.3 is 0 Å². The van der Waals surface area contributed by atoms with E-state index in [-0.39, 0.29) is 27.9 Å². The molecule has 0 radical (unpaired) electrons. The molecule has 2 aromatic carbocycles. The zero-order valence-electron chi connectivity index (χ0n) is 15.7. The van der Waals surface area contributed by atoms with Crippen molar-refractivity contribution in [3.05, 3.63) is 53.3 Å². The molecule has 0 heterocycles. The first-order valence-electron chi connectivity index (χ1n) is 9.12. The number of carbonyl (C=O) groups excluding carboxylic acids is 1. The fourth-order valence-electron chi connectivity index (χ4n) is 3.22. The minimum Gasteiger partial charge on any atom is -0.398 e. The molecule has 1 amide bonds. The molecule has 5 N–H and O–H groups in total. The summed E-state index contributed by atoms with van der Waals surface area (Å²) in [5, 5.41) is 11.7. The van der Waals surface area contributed by atoms with Crippen LogP contribution in [0.25, 0.3) is 0 Å². The Kier molecular flexibility index (Phi) is 6.34. The topological polar surface area (TPSA) is 122 Å². The number of nitrogens with two attached hydrogens (primary N) is 1. The molecule has 0 atom stereocenters. The number of benzene rings is 2. The average Bonchev–Trinajstić information content (AvgIpc) is 2.67. The van der Waals surface area contributed by atoms with E-state index in [4.69, 9.17) is 5.73 Å². The summed E-state index contributed by atoms with van der Waals surface area (Å²) in [7, 11) is -4.06. The van der Waals surface area contributed by atoms with Gasteiger partial charge in [-0.3, -0.25) is 4.79 Å². The molecule has 1 aliphatic rings. The van der Waals surface area contributed by atoms with Gasteiger partial charge in [-0.15, -0.1) is 0 Å². The highest BCUT2D eigenvalue weighted by atomic mass is 32.2. The maximum absolute atomic E-state index is 13.3. The minimum atomic E-state index is -4.06. The first-order chi connectivity index (χ1) is 14.1. The van der Waals surface area contributed by atoms with Crippen molar-refractivity contribution in [2.75, 3.05) is 11.1 Å². The van der Waals surface area contributed by atoms with Crippen LogP contribution in [0.15, 0.2) is 35.2 Å². The highest BCUT2D eigenvalue weighted by Crippen LogP contribution is 2.25. The Hall–Kier alpha value is -2.63. The number of halogens is 3. The van der Waals surface area contributed by atoms with Crippen molar-refractivity contribution < 1.29 is 31.5 Å². The number of nitrogens with one attached hydrogen (secondary N) is 2. The third-order valence-electron chi connectivity index (χ3n) is 4.83. The predicted octanol–water partition coefficient (Wildman–Crippen LogP) is 2.52. The van der Waals surface area contributed by atoms with E-state index < -0.39 is 39.5 Å². The first kappa shape index (κ1) is 22.1. The highest BCUT2D eigenvalue weighted by molar-refractivity contribution is 7.89. The van der Waals surface area contributed by atoms with Gasteiger partial charge in [0.05, 0.1) is 11.8 Å². The molecule has 3 rings (SSSR count). The normalized spacial score (nSPS) is 19.5. The van der Waals surface area contributed by atoms with E-state index in [2.05, 4.69) is 10.0 Å². The number of sulfonamides is 1. The molecule has 30 heavy (non-hydrogen) atoms. The Bertz CT molecular complexity index is 1050. The lowest BCUT2D eigenvalue weighted by Crippen LogP contribution is -2.38. The van der Waals surface area contributed by atoms with Crippen molar-refractivity contribution in [1.82, 2.24) is 4.72 Å². The summed E-state index contributed by atoms with van der Waals surface area (Å²) in [5.74, 6) is -5.49. The maximum Gasteiger partial charge on any atom is 0.255 e. The Morgan fingerprint density at radius 3 is 2.23 bits per heavy atom. The van der Waals surface area contributed by atoms with E-state index in [1.165, 1.54) is 12.1 Å². The molecule has 0 bridgehead atoms. The number of rotatable bonds is 5. The van der Waals surface area contributed by atoms with E-state index in [0.29, 0.717) is 37.8 Å². The van der Waals surface area contributed by atoms with E-state index in [0.717, 1.165) is 6.07 Å². The summed E-state index contributed by atoms with van der Waals surface area (Å²) < 4.78 is 67.7. The van der Waals surface area contributed by atoms with Gasteiger partial charge in [-0.2, -0.15) is 0 Å². The molecule has 1 saturated carbocycles. The molecule has 0 spiro atoms. The largest absolute Gasteiger partial charge is 0.398 e. The van der Waals surface area contributed by atoms with Crippen molar-refractivity contribution in [2.24, 2.45) is 0 Å². The van der Waals surface area contributed by atoms with Crippen LogP contribution in [0.2, 0.25) is 0 Å². The van der Waals surface area contributed by atoms with E-state index in [9.17, 15) is 31.5 Å². The molecule has 0 aliphatic heterocycles. The number of aliphatic hydroxyl groups excluding tert-OH is 1. The van der Waals surface area contributed by atoms with Crippen LogP contribution in [0.4, 0.5) is 24.5 Å². The molecular weight excluding hydrogens is 423 g/mol. The van der Waals surface area contributed by atoms with Gasteiger partial charge in [0.2, 0.25) is 10.0 Å². The highest BCUT2D eigenvalue weighted by Gasteiger charge is 2.27. The van der Waals surface area contributed by atoms with Gasteiger partial charge in [-0.05, 0) is 43.9 Å². The van der Waals surface area contributed by atoms with Crippen molar-refractivity contribution in [3.63, 3.8) is 0 Å². The fraction of sp³-hybridized carbons (Fsp3) is 0.316. The molecule has 2 aromatic rings. The van der Waals surface area contributed by atoms with Crippen molar-refractivity contribution in [1.29, 1.82) is 0 Å². The molecule has 7 nitrogen and oxygen atoms in total. The van der Waals surface area contributed by atoms with Crippen LogP contribution >= 0.6 is 0 Å². The number of hydrogen-bond acceptors (Lipinski definition) is 5. The molecule has 162 valence electrons.